The zero-order valence-electron chi connectivity index (χ0n) is 15.3. The van der Waals surface area contributed by atoms with Crippen LogP contribution in [-0.4, -0.2) is 40.7 Å². The first kappa shape index (κ1) is 18.7. The van der Waals surface area contributed by atoms with E-state index in [0.717, 1.165) is 11.1 Å². The first-order valence-corrected chi connectivity index (χ1v) is 9.01. The zero-order chi connectivity index (χ0) is 19.4. The second kappa shape index (κ2) is 8.07. The van der Waals surface area contributed by atoms with Gasteiger partial charge < -0.3 is 20.9 Å². The van der Waals surface area contributed by atoms with Crippen molar-refractivity contribution in [1.29, 1.82) is 0 Å². The van der Waals surface area contributed by atoms with Crippen molar-refractivity contribution in [2.45, 2.75) is 37.8 Å². The molecule has 3 amide bonds. The summed E-state index contributed by atoms with van der Waals surface area (Å²) in [5, 5.41) is 2.84. The number of Topliss-reactive ketones (excluding diaryl/α,β-unsaturated/α-hetero) is 1. The van der Waals surface area contributed by atoms with Gasteiger partial charge in [0.2, 0.25) is 0 Å². The monoisotopic (exact) mass is 368 g/mol. The summed E-state index contributed by atoms with van der Waals surface area (Å²) in [5.74, 6) is -0.500. The molecule has 1 aliphatic carbocycles. The summed E-state index contributed by atoms with van der Waals surface area (Å²) in [6.45, 7) is 0.459. The topological polar surface area (TPSA) is 108 Å². The van der Waals surface area contributed by atoms with Crippen LogP contribution in [0.25, 0.3) is 0 Å². The number of primary amides is 1. The standard InChI is InChI=1S/C20H24N4O3/c1-24(12-13-5-3-2-4-6-13)20(27)23-16-11-14(7-8-17(16)25)15-9-10-22-18(15)19(21)26/h2-6,9-10,14,16,22H,7-8,11-12H2,1H3,(H2,21,26)(H,23,27)/t14-,16?/m1/s1. The lowest BCUT2D eigenvalue weighted by Gasteiger charge is -2.30. The summed E-state index contributed by atoms with van der Waals surface area (Å²) < 4.78 is 0. The predicted molar refractivity (Wildman–Crippen MR) is 101 cm³/mol. The van der Waals surface area contributed by atoms with Gasteiger partial charge in [0.1, 0.15) is 5.69 Å². The van der Waals surface area contributed by atoms with E-state index in [-0.39, 0.29) is 17.7 Å². The largest absolute Gasteiger partial charge is 0.364 e. The summed E-state index contributed by atoms with van der Waals surface area (Å²) in [7, 11) is 1.70. The smallest absolute Gasteiger partial charge is 0.318 e. The lowest BCUT2D eigenvalue weighted by Crippen LogP contribution is -2.48. The van der Waals surface area contributed by atoms with Crippen LogP contribution in [0.15, 0.2) is 42.6 Å². The highest BCUT2D eigenvalue weighted by Crippen LogP contribution is 2.33. The van der Waals surface area contributed by atoms with Crippen LogP contribution < -0.4 is 11.1 Å². The molecule has 3 rings (SSSR count). The number of nitrogens with one attached hydrogen (secondary N) is 2. The molecule has 142 valence electrons. The molecule has 0 saturated heterocycles. The minimum Gasteiger partial charge on any atom is -0.364 e. The summed E-state index contributed by atoms with van der Waals surface area (Å²) >= 11 is 0. The number of carbonyl (C=O) groups is 3. The van der Waals surface area contributed by atoms with Crippen LogP contribution in [-0.2, 0) is 11.3 Å². The molecule has 0 bridgehead atoms. The summed E-state index contributed by atoms with van der Waals surface area (Å²) in [6, 6.07) is 10.6. The Morgan fingerprint density at radius 2 is 2.00 bits per heavy atom. The third kappa shape index (κ3) is 4.36. The van der Waals surface area contributed by atoms with Crippen molar-refractivity contribution in [3.05, 3.63) is 59.4 Å². The number of benzene rings is 1. The van der Waals surface area contributed by atoms with Crippen LogP contribution >= 0.6 is 0 Å². The number of rotatable bonds is 5. The normalized spacial score (nSPS) is 19.5. The first-order chi connectivity index (χ1) is 13.0. The Hall–Kier alpha value is -3.09. The van der Waals surface area contributed by atoms with Gasteiger partial charge in [-0.1, -0.05) is 30.3 Å². The van der Waals surface area contributed by atoms with Crippen molar-refractivity contribution < 1.29 is 14.4 Å². The SMILES string of the molecule is CN(Cc1ccccc1)C(=O)NC1C[C@H](c2cc[nH]c2C(N)=O)CCC1=O. The van der Waals surface area contributed by atoms with Crippen molar-refractivity contribution in [3.8, 4) is 0 Å². The second-order valence-corrected chi connectivity index (χ2v) is 6.95. The molecule has 4 N–H and O–H groups in total. The van der Waals surface area contributed by atoms with Crippen LogP contribution in [0.4, 0.5) is 4.79 Å². The molecule has 2 atom stereocenters. The van der Waals surface area contributed by atoms with Crippen molar-refractivity contribution >= 4 is 17.7 Å². The van der Waals surface area contributed by atoms with E-state index < -0.39 is 11.9 Å². The van der Waals surface area contributed by atoms with Crippen LogP contribution in [0.3, 0.4) is 0 Å². The Bertz CT molecular complexity index is 831. The number of urea groups is 1. The maximum atomic E-state index is 12.5. The van der Waals surface area contributed by atoms with Gasteiger partial charge >= 0.3 is 6.03 Å². The van der Waals surface area contributed by atoms with Gasteiger partial charge in [-0.2, -0.15) is 0 Å². The molecular weight excluding hydrogens is 344 g/mol. The van der Waals surface area contributed by atoms with Gasteiger partial charge in [0.05, 0.1) is 6.04 Å². The maximum absolute atomic E-state index is 12.5. The number of carbonyl (C=O) groups excluding carboxylic acids is 3. The predicted octanol–water partition coefficient (Wildman–Crippen LogP) is 2.16. The number of hydrogen-bond donors (Lipinski definition) is 3. The van der Waals surface area contributed by atoms with Gasteiger partial charge in [-0.05, 0) is 36.0 Å². The molecule has 1 unspecified atom stereocenters. The van der Waals surface area contributed by atoms with E-state index in [1.165, 1.54) is 0 Å². The molecule has 1 saturated carbocycles. The molecule has 0 spiro atoms. The Balaban J connectivity index is 1.64. The highest BCUT2D eigenvalue weighted by atomic mass is 16.2. The van der Waals surface area contributed by atoms with Gasteiger partial charge in [0.15, 0.2) is 5.78 Å². The third-order valence-electron chi connectivity index (χ3n) is 5.02. The minimum atomic E-state index is -0.565. The van der Waals surface area contributed by atoms with Crippen molar-refractivity contribution in [2.24, 2.45) is 5.73 Å². The average molecular weight is 368 g/mol. The Morgan fingerprint density at radius 3 is 2.70 bits per heavy atom. The van der Waals surface area contributed by atoms with Crippen LogP contribution in [0.1, 0.15) is 46.8 Å². The van der Waals surface area contributed by atoms with E-state index in [1.807, 2.05) is 36.4 Å². The first-order valence-electron chi connectivity index (χ1n) is 9.01. The van der Waals surface area contributed by atoms with Crippen molar-refractivity contribution in [3.63, 3.8) is 0 Å². The van der Waals surface area contributed by atoms with E-state index >= 15 is 0 Å². The van der Waals surface area contributed by atoms with Gasteiger partial charge in [-0.25, -0.2) is 4.79 Å². The number of nitrogens with zero attached hydrogens (tertiary/aromatic N) is 1. The fraction of sp³-hybridized carbons (Fsp3) is 0.350. The molecule has 1 heterocycles. The second-order valence-electron chi connectivity index (χ2n) is 6.95. The number of aromatic nitrogens is 1. The zero-order valence-corrected chi connectivity index (χ0v) is 15.3. The van der Waals surface area contributed by atoms with Crippen molar-refractivity contribution in [1.82, 2.24) is 15.2 Å². The number of amides is 3. The number of hydrogen-bond acceptors (Lipinski definition) is 3. The fourth-order valence-electron chi connectivity index (χ4n) is 3.57. The fourth-order valence-corrected chi connectivity index (χ4v) is 3.57. The Labute approximate surface area is 157 Å². The van der Waals surface area contributed by atoms with Gasteiger partial charge in [-0.3, -0.25) is 9.59 Å². The molecule has 7 heteroatoms. The van der Waals surface area contributed by atoms with E-state index in [0.29, 0.717) is 31.5 Å². The highest BCUT2D eigenvalue weighted by Gasteiger charge is 2.33. The number of nitrogens with two attached hydrogens (primary N) is 1. The van der Waals surface area contributed by atoms with Crippen LogP contribution in [0.2, 0.25) is 0 Å². The maximum Gasteiger partial charge on any atom is 0.318 e. The van der Waals surface area contributed by atoms with Crippen molar-refractivity contribution in [2.75, 3.05) is 7.05 Å². The lowest BCUT2D eigenvalue weighted by molar-refractivity contribution is -0.122. The molecule has 1 aromatic carbocycles. The molecule has 0 radical (unpaired) electrons. The van der Waals surface area contributed by atoms with Crippen LogP contribution in [0.5, 0.6) is 0 Å². The minimum absolute atomic E-state index is 0.00109. The number of H-pyrrole nitrogens is 1. The molecule has 0 aliphatic heterocycles. The summed E-state index contributed by atoms with van der Waals surface area (Å²) in [5.41, 5.74) is 7.61. The van der Waals surface area contributed by atoms with Crippen LogP contribution in [0, 0.1) is 0 Å². The van der Waals surface area contributed by atoms with E-state index in [9.17, 15) is 14.4 Å². The quantitative estimate of drug-likeness (QED) is 0.752. The lowest BCUT2D eigenvalue weighted by atomic mass is 9.80. The Morgan fingerprint density at radius 1 is 1.26 bits per heavy atom. The molecule has 7 nitrogen and oxygen atoms in total. The molecule has 1 aliphatic rings. The van der Waals surface area contributed by atoms with E-state index in [4.69, 9.17) is 5.73 Å². The van der Waals surface area contributed by atoms with Gasteiger partial charge in [0, 0.05) is 26.2 Å². The highest BCUT2D eigenvalue weighted by molar-refractivity contribution is 5.93. The molecule has 27 heavy (non-hydrogen) atoms. The van der Waals surface area contributed by atoms with E-state index in [2.05, 4.69) is 10.3 Å². The van der Waals surface area contributed by atoms with E-state index in [1.54, 1.807) is 18.1 Å². The summed E-state index contributed by atoms with van der Waals surface area (Å²) in [6.07, 6.45) is 3.14. The number of aromatic amines is 1. The Kier molecular flexibility index (Phi) is 5.59. The van der Waals surface area contributed by atoms with Gasteiger partial charge in [0.25, 0.3) is 5.91 Å². The summed E-state index contributed by atoms with van der Waals surface area (Å²) in [4.78, 5) is 40.8. The molecule has 1 fully saturated rings. The number of ketones is 1. The molecule has 2 aromatic rings. The molecule has 1 aromatic heterocycles. The van der Waals surface area contributed by atoms with Gasteiger partial charge in [-0.15, -0.1) is 0 Å². The third-order valence-corrected chi connectivity index (χ3v) is 5.02. The average Bonchev–Trinajstić information content (AvgIpc) is 3.14. The molecular formula is C20H24N4O3.